The van der Waals surface area contributed by atoms with Crippen LogP contribution in [0.3, 0.4) is 0 Å². The van der Waals surface area contributed by atoms with E-state index in [4.69, 9.17) is 5.14 Å². The van der Waals surface area contributed by atoms with Crippen molar-refractivity contribution in [1.82, 2.24) is 25.6 Å². The number of tetrazole rings is 1. The normalized spacial score (nSPS) is 11.7. The highest BCUT2D eigenvalue weighted by molar-refractivity contribution is 7.89. The maximum absolute atomic E-state index is 12.0. The lowest BCUT2D eigenvalue weighted by Gasteiger charge is -2.12. The average Bonchev–Trinajstić information content (AvgIpc) is 3.14. The Hall–Kier alpha value is -3.17. The second-order valence-electron chi connectivity index (χ2n) is 5.41. The van der Waals surface area contributed by atoms with Gasteiger partial charge in [0.1, 0.15) is 0 Å². The molecule has 0 bridgehead atoms. The third kappa shape index (κ3) is 2.75. The molecule has 0 saturated heterocycles. The summed E-state index contributed by atoms with van der Waals surface area (Å²) in [7, 11) is -3.96. The number of hydrogen-bond donors (Lipinski definition) is 2. The van der Waals surface area contributed by atoms with Crippen LogP contribution in [0.15, 0.2) is 59.8 Å². The van der Waals surface area contributed by atoms with Gasteiger partial charge in [0.25, 0.3) is 0 Å². The topological polar surface area (TPSA) is 128 Å². The summed E-state index contributed by atoms with van der Waals surface area (Å²) >= 11 is 0. The van der Waals surface area contributed by atoms with Crippen molar-refractivity contribution in [1.29, 1.82) is 0 Å². The van der Waals surface area contributed by atoms with Crippen LogP contribution >= 0.6 is 0 Å². The van der Waals surface area contributed by atoms with E-state index in [-0.39, 0.29) is 10.7 Å². The van der Waals surface area contributed by atoms with Gasteiger partial charge in [-0.1, -0.05) is 24.3 Å². The lowest BCUT2D eigenvalue weighted by molar-refractivity contribution is 0.598. The Morgan fingerprint density at radius 2 is 1.92 bits per heavy atom. The van der Waals surface area contributed by atoms with Crippen molar-refractivity contribution in [3.63, 3.8) is 0 Å². The number of rotatable bonds is 3. The molecule has 2 heterocycles. The Kier molecular flexibility index (Phi) is 3.52. The fourth-order valence-corrected chi connectivity index (χ4v) is 3.53. The molecule has 0 amide bonds. The number of H-pyrrole nitrogens is 1. The smallest absolute Gasteiger partial charge is 0.238 e. The van der Waals surface area contributed by atoms with Crippen LogP contribution in [0.2, 0.25) is 0 Å². The molecule has 0 atom stereocenters. The van der Waals surface area contributed by atoms with Crippen molar-refractivity contribution in [2.24, 2.45) is 5.14 Å². The van der Waals surface area contributed by atoms with Gasteiger partial charge in [-0.2, -0.15) is 0 Å². The Bertz CT molecular complexity index is 1170. The molecule has 9 heteroatoms. The summed E-state index contributed by atoms with van der Waals surface area (Å²) in [6.07, 6.45) is 3.47. The van der Waals surface area contributed by atoms with Gasteiger partial charge in [0.15, 0.2) is 5.82 Å². The summed E-state index contributed by atoms with van der Waals surface area (Å²) in [4.78, 5) is 4.05. The third-order valence-electron chi connectivity index (χ3n) is 3.87. The summed E-state index contributed by atoms with van der Waals surface area (Å²) in [5.74, 6) is 0.231. The fourth-order valence-electron chi connectivity index (χ4n) is 2.77. The Balaban J connectivity index is 2.04. The molecule has 3 N–H and O–H groups in total. The van der Waals surface area contributed by atoms with Crippen molar-refractivity contribution in [2.75, 3.05) is 0 Å². The standard InChI is InChI=1S/C16H12N6O2S/c17-25(23,24)14-3-1-2-13(15(14)16-19-21-22-20-16)11-4-5-12-9-18-7-6-10(12)8-11/h1-9H,(H2,17,23,24)(H,19,20,21,22). The Morgan fingerprint density at radius 1 is 1.04 bits per heavy atom. The van der Waals surface area contributed by atoms with Gasteiger partial charge < -0.3 is 0 Å². The molecule has 25 heavy (non-hydrogen) atoms. The molecular weight excluding hydrogens is 340 g/mol. The first-order valence-electron chi connectivity index (χ1n) is 7.28. The highest BCUT2D eigenvalue weighted by atomic mass is 32.2. The van der Waals surface area contributed by atoms with E-state index in [9.17, 15) is 8.42 Å². The minimum atomic E-state index is -3.96. The first-order valence-corrected chi connectivity index (χ1v) is 8.83. The number of nitrogens with zero attached hydrogens (tertiary/aromatic N) is 4. The molecule has 2 aromatic heterocycles. The monoisotopic (exact) mass is 352 g/mol. The summed E-state index contributed by atoms with van der Waals surface area (Å²) in [5, 5.41) is 20.9. The molecule has 2 aromatic carbocycles. The van der Waals surface area contributed by atoms with E-state index in [0.29, 0.717) is 11.1 Å². The number of aromatic amines is 1. The minimum absolute atomic E-state index is 0.0432. The van der Waals surface area contributed by atoms with Crippen molar-refractivity contribution < 1.29 is 8.42 Å². The van der Waals surface area contributed by atoms with E-state index < -0.39 is 10.0 Å². The molecule has 0 aliphatic heterocycles. The number of nitrogens with two attached hydrogens (primary N) is 1. The number of nitrogens with one attached hydrogen (secondary N) is 1. The number of benzene rings is 2. The van der Waals surface area contributed by atoms with E-state index in [1.165, 1.54) is 6.07 Å². The predicted octanol–water partition coefficient (Wildman–Crippen LogP) is 1.73. The molecule has 0 radical (unpaired) electrons. The van der Waals surface area contributed by atoms with E-state index in [1.54, 1.807) is 24.5 Å². The van der Waals surface area contributed by atoms with Crippen LogP contribution in [0.1, 0.15) is 0 Å². The summed E-state index contributed by atoms with van der Waals surface area (Å²) in [6.45, 7) is 0. The number of hydrogen-bond acceptors (Lipinski definition) is 6. The maximum atomic E-state index is 12.0. The summed E-state index contributed by atoms with van der Waals surface area (Å²) < 4.78 is 24.1. The minimum Gasteiger partial charge on any atom is -0.264 e. The van der Waals surface area contributed by atoms with Crippen LogP contribution in [-0.4, -0.2) is 34.0 Å². The van der Waals surface area contributed by atoms with Crippen LogP contribution in [0.25, 0.3) is 33.3 Å². The van der Waals surface area contributed by atoms with Gasteiger partial charge in [0.05, 0.1) is 4.90 Å². The maximum Gasteiger partial charge on any atom is 0.238 e. The van der Waals surface area contributed by atoms with Gasteiger partial charge in [0, 0.05) is 23.3 Å². The fraction of sp³-hybridized carbons (Fsp3) is 0. The van der Waals surface area contributed by atoms with E-state index in [1.807, 2.05) is 24.3 Å². The van der Waals surface area contributed by atoms with Crippen LogP contribution in [0.5, 0.6) is 0 Å². The average molecular weight is 352 g/mol. The van der Waals surface area contributed by atoms with Gasteiger partial charge in [-0.25, -0.2) is 18.7 Å². The van der Waals surface area contributed by atoms with Crippen LogP contribution < -0.4 is 5.14 Å². The van der Waals surface area contributed by atoms with Crippen molar-refractivity contribution >= 4 is 20.8 Å². The molecule has 0 unspecified atom stereocenters. The first-order chi connectivity index (χ1) is 12.0. The molecule has 124 valence electrons. The van der Waals surface area contributed by atoms with Gasteiger partial charge in [0.2, 0.25) is 10.0 Å². The molecule has 4 rings (SSSR count). The molecule has 0 spiro atoms. The van der Waals surface area contributed by atoms with Crippen LogP contribution in [0.4, 0.5) is 0 Å². The van der Waals surface area contributed by atoms with Gasteiger partial charge in [-0.3, -0.25) is 4.98 Å². The first kappa shape index (κ1) is 15.4. The van der Waals surface area contributed by atoms with E-state index >= 15 is 0 Å². The summed E-state index contributed by atoms with van der Waals surface area (Å²) in [6, 6.07) is 12.5. The van der Waals surface area contributed by atoms with Crippen LogP contribution in [0, 0.1) is 0 Å². The molecule has 8 nitrogen and oxygen atoms in total. The SMILES string of the molecule is NS(=O)(=O)c1cccc(-c2ccc3cnccc3c2)c1-c1nnn[nH]1. The lowest BCUT2D eigenvalue weighted by atomic mass is 9.97. The van der Waals surface area contributed by atoms with Gasteiger partial charge in [-0.15, -0.1) is 5.10 Å². The van der Waals surface area contributed by atoms with Crippen molar-refractivity contribution in [3.8, 4) is 22.5 Å². The van der Waals surface area contributed by atoms with Gasteiger partial charge >= 0.3 is 0 Å². The van der Waals surface area contributed by atoms with E-state index in [2.05, 4.69) is 25.6 Å². The zero-order valence-electron chi connectivity index (χ0n) is 12.8. The number of aromatic nitrogens is 5. The predicted molar refractivity (Wildman–Crippen MR) is 91.7 cm³/mol. The third-order valence-corrected chi connectivity index (χ3v) is 4.82. The number of pyridine rings is 1. The quantitative estimate of drug-likeness (QED) is 0.578. The van der Waals surface area contributed by atoms with E-state index in [0.717, 1.165) is 16.3 Å². The number of sulfonamides is 1. The molecule has 0 aliphatic rings. The zero-order chi connectivity index (χ0) is 17.4. The van der Waals surface area contributed by atoms with Crippen molar-refractivity contribution in [3.05, 3.63) is 54.9 Å². The largest absolute Gasteiger partial charge is 0.264 e. The second kappa shape index (κ2) is 5.72. The van der Waals surface area contributed by atoms with Gasteiger partial charge in [-0.05, 0) is 45.1 Å². The zero-order valence-corrected chi connectivity index (χ0v) is 13.6. The van der Waals surface area contributed by atoms with Crippen LogP contribution in [-0.2, 0) is 10.0 Å². The second-order valence-corrected chi connectivity index (χ2v) is 6.94. The molecule has 4 aromatic rings. The highest BCUT2D eigenvalue weighted by Gasteiger charge is 2.21. The molecular formula is C16H12N6O2S. The number of fused-ring (bicyclic) bond motifs is 1. The Labute approximate surface area is 142 Å². The number of primary sulfonamides is 1. The van der Waals surface area contributed by atoms with Crippen molar-refractivity contribution in [2.45, 2.75) is 4.90 Å². The highest BCUT2D eigenvalue weighted by Crippen LogP contribution is 2.35. The molecule has 0 aliphatic carbocycles. The molecule has 0 fully saturated rings. The Morgan fingerprint density at radius 3 is 2.68 bits per heavy atom. The summed E-state index contributed by atoms with van der Waals surface area (Å²) in [5.41, 5.74) is 1.81. The molecule has 0 saturated carbocycles. The lowest BCUT2D eigenvalue weighted by Crippen LogP contribution is -2.14.